The van der Waals surface area contributed by atoms with Gasteiger partial charge in [-0.2, -0.15) is 8.42 Å². The molecule has 0 fully saturated rings. The Morgan fingerprint density at radius 3 is 2.35 bits per heavy atom. The molecule has 0 aliphatic carbocycles. The molecule has 8 heteroatoms. The number of aromatic nitrogens is 3. The van der Waals surface area contributed by atoms with Crippen LogP contribution in [0.3, 0.4) is 0 Å². The van der Waals surface area contributed by atoms with Crippen molar-refractivity contribution in [3.8, 4) is 0 Å². The van der Waals surface area contributed by atoms with Crippen molar-refractivity contribution >= 4 is 48.6 Å². The minimum Gasteiger partial charge on any atom is -0.236 e. The second-order valence-electron chi connectivity index (χ2n) is 4.44. The smallest absolute Gasteiger partial charge is 0.236 e. The Bertz CT molecular complexity index is 937. The highest BCUT2D eigenvalue weighted by molar-refractivity contribution is 9.10. The molecule has 2 aromatic heterocycles. The fraction of sp³-hybridized carbons (Fsp3) is 0.200. The van der Waals surface area contributed by atoms with E-state index >= 15 is 0 Å². The number of hydrogen-bond donors (Lipinski definition) is 0. The number of benzene rings is 1. The Morgan fingerprint density at radius 1 is 1.13 bits per heavy atom. The van der Waals surface area contributed by atoms with Gasteiger partial charge in [0, 0.05) is 6.20 Å². The average Bonchev–Trinajstić information content (AvgIpc) is 2.89. The molecule has 0 saturated heterocycles. The molecule has 0 aliphatic rings. The number of rotatable bonds is 2. The standard InChI is InChI=1S/C13H9BrClN3O2S.C2H6/c1-8-2-4-9(5-3-8)21(19,20)18-13-11(12(14)17-18)10(15)6-7-16-13;1-2/h2-7H,1H3;1-2H3. The lowest BCUT2D eigenvalue weighted by molar-refractivity contribution is 0.581. The van der Waals surface area contributed by atoms with E-state index in [-0.39, 0.29) is 10.5 Å². The summed E-state index contributed by atoms with van der Waals surface area (Å²) in [6, 6.07) is 8.12. The number of fused-ring (bicyclic) bond motifs is 1. The van der Waals surface area contributed by atoms with Crippen LogP contribution in [0.15, 0.2) is 46.0 Å². The Balaban J connectivity index is 0.000000924. The van der Waals surface area contributed by atoms with Gasteiger partial charge in [0.25, 0.3) is 10.0 Å². The summed E-state index contributed by atoms with van der Waals surface area (Å²) in [5, 5.41) is 4.87. The molecule has 0 bridgehead atoms. The van der Waals surface area contributed by atoms with Gasteiger partial charge in [0.1, 0.15) is 4.60 Å². The third-order valence-corrected chi connectivity index (χ3v) is 5.44. The fourth-order valence-corrected chi connectivity index (χ4v) is 4.15. The Hall–Kier alpha value is -1.44. The maximum Gasteiger partial charge on any atom is 0.284 e. The third kappa shape index (κ3) is 3.27. The van der Waals surface area contributed by atoms with Crippen LogP contribution in [0, 0.1) is 6.92 Å². The van der Waals surface area contributed by atoms with Crippen LogP contribution in [-0.4, -0.2) is 22.6 Å². The monoisotopic (exact) mass is 415 g/mol. The van der Waals surface area contributed by atoms with E-state index in [1.807, 2.05) is 20.8 Å². The average molecular weight is 417 g/mol. The summed E-state index contributed by atoms with van der Waals surface area (Å²) in [6.07, 6.45) is 1.44. The van der Waals surface area contributed by atoms with Gasteiger partial charge in [-0.1, -0.05) is 43.1 Å². The highest BCUT2D eigenvalue weighted by Crippen LogP contribution is 2.30. The third-order valence-electron chi connectivity index (χ3n) is 2.99. The van der Waals surface area contributed by atoms with Gasteiger partial charge in [-0.25, -0.2) is 4.98 Å². The van der Waals surface area contributed by atoms with Gasteiger partial charge >= 0.3 is 0 Å². The predicted octanol–water partition coefficient (Wildman–Crippen LogP) is 4.42. The van der Waals surface area contributed by atoms with E-state index in [1.165, 1.54) is 18.3 Å². The van der Waals surface area contributed by atoms with Crippen LogP contribution in [0.4, 0.5) is 0 Å². The van der Waals surface area contributed by atoms with Crippen molar-refractivity contribution in [2.45, 2.75) is 25.7 Å². The molecule has 0 spiro atoms. The normalized spacial score (nSPS) is 11.2. The molecule has 3 aromatic rings. The highest BCUT2D eigenvalue weighted by Gasteiger charge is 2.24. The van der Waals surface area contributed by atoms with Crippen LogP contribution in [-0.2, 0) is 10.0 Å². The van der Waals surface area contributed by atoms with Crippen LogP contribution in [0.1, 0.15) is 19.4 Å². The molecule has 0 saturated carbocycles. The summed E-state index contributed by atoms with van der Waals surface area (Å²) in [5.74, 6) is 0. The lowest BCUT2D eigenvalue weighted by atomic mass is 10.2. The molecular formula is C15H15BrClN3O2S. The zero-order chi connectivity index (χ0) is 17.2. The van der Waals surface area contributed by atoms with Gasteiger partial charge in [-0.15, -0.1) is 9.19 Å². The van der Waals surface area contributed by atoms with Crippen molar-refractivity contribution in [1.29, 1.82) is 0 Å². The maximum absolute atomic E-state index is 12.7. The summed E-state index contributed by atoms with van der Waals surface area (Å²) in [7, 11) is -3.82. The van der Waals surface area contributed by atoms with E-state index in [9.17, 15) is 8.42 Å². The number of aryl methyl sites for hydroxylation is 1. The summed E-state index contributed by atoms with van der Waals surface area (Å²) in [5.41, 5.74) is 1.16. The summed E-state index contributed by atoms with van der Waals surface area (Å²) < 4.78 is 26.6. The van der Waals surface area contributed by atoms with Crippen molar-refractivity contribution in [2.75, 3.05) is 0 Å². The zero-order valence-corrected chi connectivity index (χ0v) is 15.9. The molecule has 0 amide bonds. The van der Waals surface area contributed by atoms with E-state index in [1.54, 1.807) is 18.2 Å². The van der Waals surface area contributed by atoms with Gasteiger partial charge in [0.2, 0.25) is 0 Å². The Morgan fingerprint density at radius 2 is 1.74 bits per heavy atom. The van der Waals surface area contributed by atoms with E-state index in [0.717, 1.165) is 9.65 Å². The van der Waals surface area contributed by atoms with Gasteiger partial charge in [-0.05, 0) is 41.1 Å². The first-order valence-corrected chi connectivity index (χ1v) is 9.53. The topological polar surface area (TPSA) is 64.8 Å². The zero-order valence-electron chi connectivity index (χ0n) is 12.8. The Kier molecular flexibility index (Phi) is 5.44. The first-order chi connectivity index (χ1) is 10.9. The van der Waals surface area contributed by atoms with Crippen LogP contribution >= 0.6 is 27.5 Å². The van der Waals surface area contributed by atoms with E-state index < -0.39 is 10.0 Å². The maximum atomic E-state index is 12.7. The summed E-state index contributed by atoms with van der Waals surface area (Å²) in [6.45, 7) is 5.89. The molecular weight excluding hydrogens is 402 g/mol. The van der Waals surface area contributed by atoms with Crippen LogP contribution in [0.5, 0.6) is 0 Å². The van der Waals surface area contributed by atoms with E-state index in [4.69, 9.17) is 11.6 Å². The first kappa shape index (κ1) is 17.9. The van der Waals surface area contributed by atoms with Gasteiger partial charge in [0.15, 0.2) is 5.65 Å². The molecule has 0 unspecified atom stereocenters. The number of nitrogens with zero attached hydrogens (tertiary/aromatic N) is 3. The van der Waals surface area contributed by atoms with Crippen LogP contribution in [0.2, 0.25) is 5.02 Å². The number of pyridine rings is 1. The molecule has 3 rings (SSSR count). The molecule has 122 valence electrons. The van der Waals surface area contributed by atoms with Crippen molar-refractivity contribution in [3.05, 3.63) is 51.7 Å². The minimum absolute atomic E-state index is 0.145. The van der Waals surface area contributed by atoms with Crippen molar-refractivity contribution in [1.82, 2.24) is 14.2 Å². The molecule has 0 radical (unpaired) electrons. The molecule has 0 N–H and O–H groups in total. The number of hydrogen-bond acceptors (Lipinski definition) is 4. The van der Waals surface area contributed by atoms with Gasteiger partial charge in [-0.3, -0.25) is 0 Å². The molecule has 2 heterocycles. The van der Waals surface area contributed by atoms with Crippen LogP contribution in [0.25, 0.3) is 11.0 Å². The summed E-state index contributed by atoms with van der Waals surface area (Å²) in [4.78, 5) is 4.22. The van der Waals surface area contributed by atoms with Gasteiger partial charge in [0.05, 0.1) is 15.3 Å². The molecule has 1 aromatic carbocycles. The highest BCUT2D eigenvalue weighted by atomic mass is 79.9. The molecule has 0 atom stereocenters. The molecule has 5 nitrogen and oxygen atoms in total. The minimum atomic E-state index is -3.82. The second-order valence-corrected chi connectivity index (χ2v) is 7.37. The lowest BCUT2D eigenvalue weighted by Gasteiger charge is -2.05. The van der Waals surface area contributed by atoms with Crippen molar-refractivity contribution in [3.63, 3.8) is 0 Å². The summed E-state index contributed by atoms with van der Waals surface area (Å²) >= 11 is 9.30. The van der Waals surface area contributed by atoms with Crippen molar-refractivity contribution < 1.29 is 8.42 Å². The Labute approximate surface area is 148 Å². The second kappa shape index (κ2) is 6.98. The van der Waals surface area contributed by atoms with E-state index in [0.29, 0.717) is 15.0 Å². The van der Waals surface area contributed by atoms with Gasteiger partial charge < -0.3 is 0 Å². The van der Waals surface area contributed by atoms with Crippen molar-refractivity contribution in [2.24, 2.45) is 0 Å². The predicted molar refractivity (Wildman–Crippen MR) is 95.3 cm³/mol. The quantitative estimate of drug-likeness (QED) is 0.620. The van der Waals surface area contributed by atoms with Crippen LogP contribution < -0.4 is 0 Å². The SMILES string of the molecule is CC.Cc1ccc(S(=O)(=O)n2nc(Br)c3c(Cl)ccnc32)cc1. The lowest BCUT2D eigenvalue weighted by Crippen LogP contribution is -2.15. The molecule has 0 aliphatic heterocycles. The fourth-order valence-electron chi connectivity index (χ4n) is 1.92. The molecule has 23 heavy (non-hydrogen) atoms. The largest absolute Gasteiger partial charge is 0.284 e. The first-order valence-electron chi connectivity index (χ1n) is 6.92. The number of halogens is 2. The van der Waals surface area contributed by atoms with E-state index in [2.05, 4.69) is 26.0 Å².